The maximum atomic E-state index is 13.6. The molecule has 2 aromatic carbocycles. The summed E-state index contributed by atoms with van der Waals surface area (Å²) >= 11 is 0. The van der Waals surface area contributed by atoms with Gasteiger partial charge in [-0.15, -0.1) is 0 Å². The van der Waals surface area contributed by atoms with Gasteiger partial charge >= 0.3 is 6.18 Å². The molecule has 1 aliphatic rings. The van der Waals surface area contributed by atoms with Gasteiger partial charge in [-0.05, 0) is 42.3 Å². The molecule has 1 aliphatic heterocycles. The minimum atomic E-state index is -4.62. The summed E-state index contributed by atoms with van der Waals surface area (Å²) in [6.07, 6.45) is -2.45. The highest BCUT2D eigenvalue weighted by Crippen LogP contribution is 2.40. The summed E-state index contributed by atoms with van der Waals surface area (Å²) < 4.78 is 40.8. The molecule has 31 heavy (non-hydrogen) atoms. The van der Waals surface area contributed by atoms with Crippen LogP contribution in [0.5, 0.6) is 0 Å². The van der Waals surface area contributed by atoms with Crippen molar-refractivity contribution >= 4 is 16.8 Å². The molecule has 1 amide bonds. The molecule has 0 spiro atoms. The number of hydrogen-bond donors (Lipinski definition) is 1. The number of nitrogens with zero attached hydrogens (tertiary/aromatic N) is 2. The molecule has 0 bridgehead atoms. The first-order valence-corrected chi connectivity index (χ1v) is 9.93. The van der Waals surface area contributed by atoms with Crippen LogP contribution in [0.3, 0.4) is 0 Å². The van der Waals surface area contributed by atoms with Crippen LogP contribution in [0.4, 0.5) is 13.2 Å². The van der Waals surface area contributed by atoms with Crippen LogP contribution in [0.2, 0.25) is 0 Å². The molecule has 4 nitrogen and oxygen atoms in total. The summed E-state index contributed by atoms with van der Waals surface area (Å²) in [7, 11) is 0. The number of benzene rings is 2. The van der Waals surface area contributed by atoms with E-state index >= 15 is 0 Å². The maximum Gasteiger partial charge on any atom is 0.417 e. The Morgan fingerprint density at radius 3 is 2.52 bits per heavy atom. The Morgan fingerprint density at radius 1 is 1.00 bits per heavy atom. The fourth-order valence-corrected chi connectivity index (χ4v) is 4.38. The summed E-state index contributed by atoms with van der Waals surface area (Å²) in [5.74, 6) is -0.659. The van der Waals surface area contributed by atoms with E-state index in [1.807, 2.05) is 30.3 Å². The zero-order chi connectivity index (χ0) is 21.6. The van der Waals surface area contributed by atoms with Crippen molar-refractivity contribution in [1.29, 1.82) is 0 Å². The van der Waals surface area contributed by atoms with Gasteiger partial charge in [0.15, 0.2) is 0 Å². The molecular weight excluding hydrogens is 403 g/mol. The Kier molecular flexibility index (Phi) is 4.54. The fraction of sp³-hybridized carbons (Fsp3) is 0.167. The van der Waals surface area contributed by atoms with Crippen LogP contribution >= 0.6 is 0 Å². The highest BCUT2D eigenvalue weighted by atomic mass is 19.4. The quantitative estimate of drug-likeness (QED) is 0.473. The lowest BCUT2D eigenvalue weighted by atomic mass is 9.93. The second-order valence-electron chi connectivity index (χ2n) is 7.51. The van der Waals surface area contributed by atoms with E-state index in [0.29, 0.717) is 18.7 Å². The Bertz CT molecular complexity index is 1260. The fourth-order valence-electron chi connectivity index (χ4n) is 4.38. The lowest BCUT2D eigenvalue weighted by Crippen LogP contribution is -2.41. The number of amides is 1. The second-order valence-corrected chi connectivity index (χ2v) is 7.51. The summed E-state index contributed by atoms with van der Waals surface area (Å²) in [5, 5.41) is 1.06. The molecule has 7 heteroatoms. The monoisotopic (exact) mass is 421 g/mol. The molecular formula is C24H18F3N3O. The van der Waals surface area contributed by atoms with Crippen molar-refractivity contribution in [3.63, 3.8) is 0 Å². The number of alkyl halides is 3. The number of fused-ring (bicyclic) bond motifs is 3. The molecule has 0 radical (unpaired) electrons. The molecule has 0 aliphatic carbocycles. The van der Waals surface area contributed by atoms with Crippen molar-refractivity contribution < 1.29 is 18.0 Å². The van der Waals surface area contributed by atoms with Crippen LogP contribution in [0.1, 0.15) is 38.9 Å². The Balaban J connectivity index is 1.67. The minimum Gasteiger partial charge on any atom is -0.356 e. The van der Waals surface area contributed by atoms with Gasteiger partial charge in [-0.1, -0.05) is 36.4 Å². The molecule has 156 valence electrons. The van der Waals surface area contributed by atoms with Gasteiger partial charge in [-0.3, -0.25) is 9.78 Å². The van der Waals surface area contributed by atoms with E-state index in [-0.39, 0.29) is 5.56 Å². The number of hydrogen-bond acceptors (Lipinski definition) is 2. The average molecular weight is 421 g/mol. The van der Waals surface area contributed by atoms with Crippen molar-refractivity contribution in [3.05, 3.63) is 101 Å². The molecule has 1 unspecified atom stereocenters. The highest BCUT2D eigenvalue weighted by Gasteiger charge is 2.40. The zero-order valence-electron chi connectivity index (χ0n) is 16.4. The van der Waals surface area contributed by atoms with Gasteiger partial charge in [-0.25, -0.2) is 0 Å². The molecule has 3 heterocycles. The number of pyridine rings is 1. The van der Waals surface area contributed by atoms with Crippen molar-refractivity contribution in [3.8, 4) is 0 Å². The number of rotatable bonds is 2. The third-order valence-electron chi connectivity index (χ3n) is 5.73. The molecule has 1 atom stereocenters. The van der Waals surface area contributed by atoms with Crippen LogP contribution in [-0.2, 0) is 12.6 Å². The minimum absolute atomic E-state index is 0.293. The van der Waals surface area contributed by atoms with Gasteiger partial charge < -0.3 is 9.88 Å². The first kappa shape index (κ1) is 19.4. The summed E-state index contributed by atoms with van der Waals surface area (Å²) in [6.45, 7) is 0.293. The summed E-state index contributed by atoms with van der Waals surface area (Å²) in [6, 6.07) is 17.5. The van der Waals surface area contributed by atoms with Gasteiger partial charge in [0.2, 0.25) is 0 Å². The van der Waals surface area contributed by atoms with Crippen LogP contribution in [-0.4, -0.2) is 27.3 Å². The Labute approximate surface area is 176 Å². The highest BCUT2D eigenvalue weighted by molar-refractivity contribution is 5.97. The molecule has 2 aromatic heterocycles. The van der Waals surface area contributed by atoms with Crippen molar-refractivity contribution in [2.24, 2.45) is 0 Å². The first-order chi connectivity index (χ1) is 14.9. The SMILES string of the molecule is O=C(c1ccccc1C(F)(F)F)N1CCc2c([nH]c3ccccc23)C1c1ccccn1. The smallest absolute Gasteiger partial charge is 0.356 e. The standard InChI is InChI=1S/C24H18F3N3O/c25-24(26,27)18-9-3-1-8-17(18)23(31)30-14-12-16-15-7-2-4-10-19(15)29-21(16)22(30)20-11-5-6-13-28-20/h1-11,13,22,29H,12,14H2. The molecule has 5 rings (SSSR count). The summed E-state index contributed by atoms with van der Waals surface area (Å²) in [5.41, 5.74) is 2.12. The molecule has 0 fully saturated rings. The van der Waals surface area contributed by atoms with Gasteiger partial charge in [0.25, 0.3) is 5.91 Å². The van der Waals surface area contributed by atoms with E-state index in [1.54, 1.807) is 18.3 Å². The predicted molar refractivity (Wildman–Crippen MR) is 111 cm³/mol. The van der Waals surface area contributed by atoms with Crippen molar-refractivity contribution in [2.45, 2.75) is 18.6 Å². The average Bonchev–Trinajstić information content (AvgIpc) is 3.16. The third kappa shape index (κ3) is 3.26. The normalized spacial score (nSPS) is 16.4. The maximum absolute atomic E-state index is 13.6. The second kappa shape index (κ2) is 7.27. The molecule has 4 aromatic rings. The van der Waals surface area contributed by atoms with E-state index in [2.05, 4.69) is 9.97 Å². The molecule has 0 saturated carbocycles. The largest absolute Gasteiger partial charge is 0.417 e. The molecule has 1 N–H and O–H groups in total. The van der Waals surface area contributed by atoms with E-state index in [0.717, 1.165) is 28.2 Å². The molecule has 0 saturated heterocycles. The Hall–Kier alpha value is -3.61. The van der Waals surface area contributed by atoms with Crippen LogP contribution in [0, 0.1) is 0 Å². The number of nitrogens with one attached hydrogen (secondary N) is 1. The third-order valence-corrected chi connectivity index (χ3v) is 5.73. The summed E-state index contributed by atoms with van der Waals surface area (Å²) in [4.78, 5) is 22.8. The van der Waals surface area contributed by atoms with E-state index < -0.39 is 23.7 Å². The van der Waals surface area contributed by atoms with Gasteiger partial charge in [0.1, 0.15) is 6.04 Å². The first-order valence-electron chi connectivity index (χ1n) is 9.93. The van der Waals surface area contributed by atoms with Crippen LogP contribution in [0.15, 0.2) is 72.9 Å². The van der Waals surface area contributed by atoms with E-state index in [1.165, 1.54) is 23.1 Å². The number of H-pyrrole nitrogens is 1. The number of halogens is 3. The van der Waals surface area contributed by atoms with Crippen LogP contribution in [0.25, 0.3) is 10.9 Å². The number of aromatic amines is 1. The van der Waals surface area contributed by atoms with Gasteiger partial charge in [0.05, 0.1) is 16.8 Å². The van der Waals surface area contributed by atoms with Crippen molar-refractivity contribution in [1.82, 2.24) is 14.9 Å². The lowest BCUT2D eigenvalue weighted by Gasteiger charge is -2.36. The topological polar surface area (TPSA) is 49.0 Å². The number of carbonyl (C=O) groups is 1. The van der Waals surface area contributed by atoms with Crippen LogP contribution < -0.4 is 0 Å². The predicted octanol–water partition coefficient (Wildman–Crippen LogP) is 5.37. The van der Waals surface area contributed by atoms with E-state index in [9.17, 15) is 18.0 Å². The van der Waals surface area contributed by atoms with Crippen molar-refractivity contribution in [2.75, 3.05) is 6.54 Å². The van der Waals surface area contributed by atoms with Gasteiger partial charge in [-0.2, -0.15) is 13.2 Å². The number of aromatic nitrogens is 2. The lowest BCUT2D eigenvalue weighted by molar-refractivity contribution is -0.138. The van der Waals surface area contributed by atoms with Gasteiger partial charge in [0, 0.05) is 29.3 Å². The van der Waals surface area contributed by atoms with E-state index in [4.69, 9.17) is 0 Å². The zero-order valence-corrected chi connectivity index (χ0v) is 16.4. The number of carbonyl (C=O) groups excluding carboxylic acids is 1. The Morgan fingerprint density at radius 2 is 1.74 bits per heavy atom. The number of para-hydroxylation sites is 1.